The van der Waals surface area contributed by atoms with Gasteiger partial charge in [0.1, 0.15) is 16.9 Å². The van der Waals surface area contributed by atoms with Crippen LogP contribution in [0.4, 0.5) is 0 Å². The summed E-state index contributed by atoms with van der Waals surface area (Å²) in [5, 5.41) is 0.919. The smallest absolute Gasteiger partial charge is 0.343 e. The second-order valence-electron chi connectivity index (χ2n) is 8.78. The third kappa shape index (κ3) is 5.15. The molecule has 0 aliphatic heterocycles. The van der Waals surface area contributed by atoms with E-state index in [-0.39, 0.29) is 33.2 Å². The van der Waals surface area contributed by atoms with Gasteiger partial charge in [-0.05, 0) is 57.2 Å². The van der Waals surface area contributed by atoms with Crippen LogP contribution < -0.4 is 0 Å². The van der Waals surface area contributed by atoms with Crippen molar-refractivity contribution in [1.29, 1.82) is 0 Å². The summed E-state index contributed by atoms with van der Waals surface area (Å²) in [5.74, 6) is -1.01. The fourth-order valence-electron chi connectivity index (χ4n) is 3.62. The first-order chi connectivity index (χ1) is 16.6. The van der Waals surface area contributed by atoms with E-state index in [0.29, 0.717) is 21.2 Å². The molecule has 0 spiro atoms. The molecule has 1 aromatic heterocycles. The highest BCUT2D eigenvalue weighted by molar-refractivity contribution is 6.37. The number of ether oxygens (including phenoxy) is 1. The van der Waals surface area contributed by atoms with E-state index in [1.165, 1.54) is 0 Å². The lowest BCUT2D eigenvalue weighted by Crippen LogP contribution is -2.25. The molecule has 0 fully saturated rings. The zero-order valence-electron chi connectivity index (χ0n) is 19.2. The number of benzene rings is 3. The van der Waals surface area contributed by atoms with E-state index in [2.05, 4.69) is 0 Å². The van der Waals surface area contributed by atoms with Crippen LogP contribution in [0.5, 0.6) is 0 Å². The fourth-order valence-corrected chi connectivity index (χ4v) is 4.29. The molecule has 0 N–H and O–H groups in total. The van der Waals surface area contributed by atoms with Crippen LogP contribution in [0.25, 0.3) is 22.6 Å². The van der Waals surface area contributed by atoms with Gasteiger partial charge in [-0.25, -0.2) is 4.79 Å². The van der Waals surface area contributed by atoms with Gasteiger partial charge >= 0.3 is 5.97 Å². The first kappa shape index (κ1) is 25.1. The minimum atomic E-state index is -0.832. The Morgan fingerprint density at radius 2 is 1.14 bits per heavy atom. The van der Waals surface area contributed by atoms with Crippen LogP contribution in [-0.4, -0.2) is 17.4 Å². The van der Waals surface area contributed by atoms with Crippen molar-refractivity contribution in [2.24, 2.45) is 0 Å². The Labute approximate surface area is 218 Å². The van der Waals surface area contributed by atoms with Crippen LogP contribution in [0.3, 0.4) is 0 Å². The average molecular weight is 528 g/mol. The quantitative estimate of drug-likeness (QED) is 0.192. The van der Waals surface area contributed by atoms with Crippen molar-refractivity contribution in [2.45, 2.75) is 26.4 Å². The molecule has 0 bridgehead atoms. The Morgan fingerprint density at radius 1 is 0.686 bits per heavy atom. The van der Waals surface area contributed by atoms with Crippen LogP contribution >= 0.6 is 34.8 Å². The fraction of sp³-hybridized carbons (Fsp3) is 0.143. The molecule has 0 saturated carbocycles. The van der Waals surface area contributed by atoms with Crippen LogP contribution in [0, 0.1) is 0 Å². The number of halogens is 3. The molecular weight excluding hydrogens is 507 g/mol. The van der Waals surface area contributed by atoms with Gasteiger partial charge in [-0.2, -0.15) is 0 Å². The molecule has 0 aliphatic carbocycles. The van der Waals surface area contributed by atoms with Crippen molar-refractivity contribution in [1.82, 2.24) is 0 Å². The van der Waals surface area contributed by atoms with Crippen LogP contribution in [-0.2, 0) is 4.74 Å². The molecule has 0 atom stereocenters. The lowest BCUT2D eigenvalue weighted by atomic mass is 9.94. The zero-order valence-corrected chi connectivity index (χ0v) is 21.5. The summed E-state index contributed by atoms with van der Waals surface area (Å²) in [6.07, 6.45) is 0. The van der Waals surface area contributed by atoms with Gasteiger partial charge < -0.3 is 9.15 Å². The van der Waals surface area contributed by atoms with Crippen molar-refractivity contribution in [2.75, 3.05) is 0 Å². The second-order valence-corrected chi connectivity index (χ2v) is 10.0. The van der Waals surface area contributed by atoms with E-state index in [4.69, 9.17) is 44.0 Å². The molecule has 3 aromatic carbocycles. The summed E-state index contributed by atoms with van der Waals surface area (Å²) in [6, 6.07) is 20.4. The molecule has 0 unspecified atom stereocenters. The summed E-state index contributed by atoms with van der Waals surface area (Å²) in [7, 11) is 0. The topological polar surface area (TPSA) is 56.5 Å². The van der Waals surface area contributed by atoms with E-state index < -0.39 is 17.4 Å². The van der Waals surface area contributed by atoms with Crippen LogP contribution in [0.2, 0.25) is 15.1 Å². The van der Waals surface area contributed by atoms with Crippen molar-refractivity contribution >= 4 is 46.6 Å². The lowest BCUT2D eigenvalue weighted by Gasteiger charge is -2.20. The van der Waals surface area contributed by atoms with Crippen molar-refractivity contribution in [3.63, 3.8) is 0 Å². The summed E-state index contributed by atoms with van der Waals surface area (Å²) in [4.78, 5) is 27.6. The summed E-state index contributed by atoms with van der Waals surface area (Å²) in [5.41, 5.74) is 0.192. The molecule has 35 heavy (non-hydrogen) atoms. The van der Waals surface area contributed by atoms with E-state index >= 15 is 0 Å². The van der Waals surface area contributed by atoms with Gasteiger partial charge in [0, 0.05) is 16.7 Å². The molecule has 0 amide bonds. The Morgan fingerprint density at radius 3 is 1.63 bits per heavy atom. The minimum Gasteiger partial charge on any atom is -0.456 e. The van der Waals surface area contributed by atoms with Gasteiger partial charge in [0.25, 0.3) is 0 Å². The predicted octanol–water partition coefficient (Wildman–Crippen LogP) is 8.76. The van der Waals surface area contributed by atoms with Crippen LogP contribution in [0.1, 0.15) is 47.1 Å². The number of hydrogen-bond acceptors (Lipinski definition) is 4. The highest BCUT2D eigenvalue weighted by Crippen LogP contribution is 2.43. The molecule has 4 rings (SSSR count). The number of esters is 1. The number of hydrogen-bond donors (Lipinski definition) is 0. The monoisotopic (exact) mass is 526 g/mol. The first-order valence-corrected chi connectivity index (χ1v) is 11.9. The van der Waals surface area contributed by atoms with Gasteiger partial charge in [-0.15, -0.1) is 0 Å². The molecule has 0 saturated heterocycles. The van der Waals surface area contributed by atoms with Gasteiger partial charge in [0.15, 0.2) is 11.5 Å². The van der Waals surface area contributed by atoms with Crippen molar-refractivity contribution < 1.29 is 18.7 Å². The Kier molecular flexibility index (Phi) is 7.09. The predicted molar refractivity (Wildman–Crippen MR) is 140 cm³/mol. The minimum absolute atomic E-state index is 0.00429. The summed E-state index contributed by atoms with van der Waals surface area (Å²) >= 11 is 19.4. The second kappa shape index (κ2) is 9.90. The van der Waals surface area contributed by atoms with Crippen molar-refractivity contribution in [3.8, 4) is 22.6 Å². The normalized spacial score (nSPS) is 11.4. The Bertz CT molecular complexity index is 1430. The SMILES string of the molecule is CC(C)(C)OC(=O)c1c(-c2ccccc2Cl)oc(-c2ccccc2Cl)c1C(=O)c1ccccc1Cl. The third-order valence-corrected chi connectivity index (χ3v) is 6.08. The number of ketones is 1. The Hall–Kier alpha value is -3.05. The summed E-state index contributed by atoms with van der Waals surface area (Å²) in [6.45, 7) is 5.22. The molecule has 7 heteroatoms. The third-order valence-electron chi connectivity index (χ3n) is 5.09. The van der Waals surface area contributed by atoms with E-state index in [0.717, 1.165) is 0 Å². The maximum atomic E-state index is 14.0. The van der Waals surface area contributed by atoms with E-state index in [1.807, 2.05) is 0 Å². The molecular formula is C28H21Cl3O4. The van der Waals surface area contributed by atoms with E-state index in [1.54, 1.807) is 93.6 Å². The average Bonchev–Trinajstić information content (AvgIpc) is 3.19. The van der Waals surface area contributed by atoms with Gasteiger partial charge in [0.05, 0.1) is 20.6 Å². The Balaban J connectivity index is 2.11. The maximum Gasteiger partial charge on any atom is 0.343 e. The number of carbonyl (C=O) groups is 2. The summed E-state index contributed by atoms with van der Waals surface area (Å²) < 4.78 is 12.0. The van der Waals surface area contributed by atoms with Gasteiger partial charge in [-0.1, -0.05) is 71.2 Å². The first-order valence-electron chi connectivity index (χ1n) is 10.8. The number of furan rings is 1. The number of carbonyl (C=O) groups excluding carboxylic acids is 2. The molecule has 1 heterocycles. The van der Waals surface area contributed by atoms with Gasteiger partial charge in [0.2, 0.25) is 0 Å². The highest BCUT2D eigenvalue weighted by Gasteiger charge is 2.36. The molecule has 0 aliphatic rings. The van der Waals surface area contributed by atoms with Gasteiger partial charge in [-0.3, -0.25) is 4.79 Å². The molecule has 0 radical (unpaired) electrons. The standard InChI is InChI=1S/C28H21Cl3O4/c1-28(2,3)35-27(33)23-22(24(32)16-10-4-7-13-19(16)29)25(17-11-5-8-14-20(17)30)34-26(23)18-12-6-9-15-21(18)31/h4-15H,1-3H3. The maximum absolute atomic E-state index is 14.0. The van der Waals surface area contributed by atoms with E-state index in [9.17, 15) is 9.59 Å². The lowest BCUT2D eigenvalue weighted by molar-refractivity contribution is 0.00685. The van der Waals surface area contributed by atoms with Crippen molar-refractivity contribution in [3.05, 3.63) is 105 Å². The molecule has 4 aromatic rings. The zero-order chi connectivity index (χ0) is 25.3. The van der Waals surface area contributed by atoms with Crippen LogP contribution in [0.15, 0.2) is 77.2 Å². The largest absolute Gasteiger partial charge is 0.456 e. The highest BCUT2D eigenvalue weighted by atomic mass is 35.5. The molecule has 178 valence electrons. The molecule has 4 nitrogen and oxygen atoms in total. The number of rotatable bonds is 5.